The molecule has 2 rings (SSSR count). The maximum absolute atomic E-state index is 9.05. The summed E-state index contributed by atoms with van der Waals surface area (Å²) in [5.41, 5.74) is 1.30. The number of aromatic nitrogens is 1. The molecule has 16 heavy (non-hydrogen) atoms. The van der Waals surface area contributed by atoms with Crippen molar-refractivity contribution in [2.75, 3.05) is 18.5 Å². The zero-order valence-corrected chi connectivity index (χ0v) is 10.0. The zero-order valence-electron chi connectivity index (χ0n) is 9.25. The van der Waals surface area contributed by atoms with Crippen molar-refractivity contribution >= 4 is 17.3 Å². The van der Waals surface area contributed by atoms with Gasteiger partial charge in [-0.2, -0.15) is 0 Å². The molecule has 3 nitrogen and oxygen atoms in total. The lowest BCUT2D eigenvalue weighted by molar-refractivity contribution is 0.102. The Morgan fingerprint density at radius 1 is 1.50 bits per heavy atom. The summed E-state index contributed by atoms with van der Waals surface area (Å²) in [6.45, 7) is 1.19. The molecule has 88 valence electrons. The van der Waals surface area contributed by atoms with Crippen LogP contribution in [0.15, 0.2) is 18.3 Å². The first-order chi connectivity index (χ1) is 7.74. The van der Waals surface area contributed by atoms with Gasteiger partial charge < -0.3 is 10.4 Å². The van der Waals surface area contributed by atoms with Gasteiger partial charge in [-0.25, -0.2) is 4.98 Å². The Bertz CT molecular complexity index is 353. The monoisotopic (exact) mass is 240 g/mol. The number of hydrogen-bond acceptors (Lipinski definition) is 3. The molecule has 0 aliphatic heterocycles. The molecule has 0 aromatic carbocycles. The van der Waals surface area contributed by atoms with Gasteiger partial charge in [0.2, 0.25) is 0 Å². The molecular formula is C12H17ClN2O. The first kappa shape index (κ1) is 11.7. The number of anilines is 1. The van der Waals surface area contributed by atoms with Crippen LogP contribution in [-0.4, -0.2) is 23.2 Å². The summed E-state index contributed by atoms with van der Waals surface area (Å²) >= 11 is 5.81. The highest BCUT2D eigenvalue weighted by atomic mass is 35.5. The quantitative estimate of drug-likeness (QED) is 0.778. The largest absolute Gasteiger partial charge is 0.396 e. The van der Waals surface area contributed by atoms with E-state index in [-0.39, 0.29) is 6.61 Å². The fraction of sp³-hybridized carbons (Fsp3) is 0.583. The third-order valence-electron chi connectivity index (χ3n) is 3.45. The molecule has 0 radical (unpaired) electrons. The van der Waals surface area contributed by atoms with Crippen LogP contribution in [0, 0.1) is 5.41 Å². The van der Waals surface area contributed by atoms with Crippen LogP contribution in [0.2, 0.25) is 5.15 Å². The van der Waals surface area contributed by atoms with Gasteiger partial charge in [0.05, 0.1) is 0 Å². The molecule has 0 bridgehead atoms. The average Bonchev–Trinajstić information content (AvgIpc) is 2.22. The van der Waals surface area contributed by atoms with Crippen LogP contribution in [0.4, 0.5) is 5.69 Å². The van der Waals surface area contributed by atoms with E-state index in [4.69, 9.17) is 16.7 Å². The van der Waals surface area contributed by atoms with Crippen LogP contribution in [0.5, 0.6) is 0 Å². The highest BCUT2D eigenvalue weighted by Gasteiger charge is 2.35. The Labute approximate surface area is 101 Å². The maximum atomic E-state index is 9.05. The van der Waals surface area contributed by atoms with Crippen molar-refractivity contribution in [3.05, 3.63) is 23.5 Å². The van der Waals surface area contributed by atoms with Gasteiger partial charge in [-0.15, -0.1) is 0 Å². The summed E-state index contributed by atoms with van der Waals surface area (Å²) in [5.74, 6) is 0. The summed E-state index contributed by atoms with van der Waals surface area (Å²) in [4.78, 5) is 3.94. The number of hydrogen-bond donors (Lipinski definition) is 2. The Hall–Kier alpha value is -0.800. The van der Waals surface area contributed by atoms with E-state index >= 15 is 0 Å². The number of nitrogens with zero attached hydrogens (tertiary/aromatic N) is 1. The normalized spacial score (nSPS) is 17.9. The van der Waals surface area contributed by atoms with E-state index in [1.165, 1.54) is 19.3 Å². The van der Waals surface area contributed by atoms with Gasteiger partial charge in [0.1, 0.15) is 5.15 Å². The average molecular weight is 241 g/mol. The molecule has 0 saturated heterocycles. The predicted octanol–water partition coefficient (Wildman–Crippen LogP) is 2.70. The molecule has 0 atom stereocenters. The minimum Gasteiger partial charge on any atom is -0.396 e. The van der Waals surface area contributed by atoms with Crippen molar-refractivity contribution in [3.63, 3.8) is 0 Å². The molecule has 1 fully saturated rings. The van der Waals surface area contributed by atoms with Crippen molar-refractivity contribution in [1.29, 1.82) is 0 Å². The van der Waals surface area contributed by atoms with E-state index in [0.29, 0.717) is 10.6 Å². The maximum Gasteiger partial charge on any atom is 0.131 e. The molecule has 1 aromatic heterocycles. The van der Waals surface area contributed by atoms with Crippen LogP contribution < -0.4 is 5.32 Å². The number of aliphatic hydroxyl groups excluding tert-OH is 1. The lowest BCUT2D eigenvalue weighted by Crippen LogP contribution is -2.37. The minimum atomic E-state index is 0.277. The van der Waals surface area contributed by atoms with E-state index in [2.05, 4.69) is 10.3 Å². The number of aliphatic hydroxyl groups is 1. The fourth-order valence-corrected chi connectivity index (χ4v) is 2.40. The third kappa shape index (κ3) is 2.66. The number of pyridine rings is 1. The predicted molar refractivity (Wildman–Crippen MR) is 65.7 cm³/mol. The third-order valence-corrected chi connectivity index (χ3v) is 3.66. The molecule has 1 aromatic rings. The fourth-order valence-electron chi connectivity index (χ4n) is 2.23. The molecule has 0 amide bonds. The molecule has 1 heterocycles. The van der Waals surface area contributed by atoms with Gasteiger partial charge in [0, 0.05) is 25.0 Å². The Kier molecular flexibility index (Phi) is 3.66. The molecule has 1 saturated carbocycles. The van der Waals surface area contributed by atoms with E-state index in [9.17, 15) is 0 Å². The van der Waals surface area contributed by atoms with Crippen LogP contribution >= 0.6 is 11.6 Å². The van der Waals surface area contributed by atoms with E-state index < -0.39 is 0 Å². The topological polar surface area (TPSA) is 45.1 Å². The molecule has 2 N–H and O–H groups in total. The highest BCUT2D eigenvalue weighted by Crippen LogP contribution is 2.43. The van der Waals surface area contributed by atoms with Crippen LogP contribution in [0.3, 0.4) is 0 Å². The summed E-state index contributed by atoms with van der Waals surface area (Å²) in [7, 11) is 0. The van der Waals surface area contributed by atoms with Crippen molar-refractivity contribution in [3.8, 4) is 0 Å². The number of nitrogens with one attached hydrogen (secondary N) is 1. The van der Waals surface area contributed by atoms with Gasteiger partial charge in [0.25, 0.3) is 0 Å². The summed E-state index contributed by atoms with van der Waals surface area (Å²) in [6.07, 6.45) is 6.28. The smallest absolute Gasteiger partial charge is 0.131 e. The Morgan fingerprint density at radius 2 is 2.31 bits per heavy atom. The second-order valence-electron chi connectivity index (χ2n) is 4.55. The second-order valence-corrected chi connectivity index (χ2v) is 4.94. The standard InChI is InChI=1S/C12H17ClN2O/c13-11-8-10(2-6-14-11)15-9-12(5-7-16)3-1-4-12/h2,6,8,16H,1,3-5,7,9H2,(H,14,15). The van der Waals surface area contributed by atoms with Crippen LogP contribution in [-0.2, 0) is 0 Å². The number of halogens is 1. The first-order valence-corrected chi connectivity index (χ1v) is 6.08. The molecule has 4 heteroatoms. The zero-order chi connectivity index (χ0) is 11.4. The highest BCUT2D eigenvalue weighted by molar-refractivity contribution is 6.29. The van der Waals surface area contributed by atoms with E-state index in [1.807, 2.05) is 12.1 Å². The summed E-state index contributed by atoms with van der Waals surface area (Å²) in [5, 5.41) is 12.9. The van der Waals surface area contributed by atoms with Gasteiger partial charge in [-0.1, -0.05) is 18.0 Å². The Balaban J connectivity index is 1.91. The molecule has 0 spiro atoms. The second kappa shape index (κ2) is 5.02. The van der Waals surface area contributed by atoms with Gasteiger partial charge >= 0.3 is 0 Å². The summed E-state index contributed by atoms with van der Waals surface area (Å²) in [6, 6.07) is 3.74. The van der Waals surface area contributed by atoms with Crippen LogP contribution in [0.1, 0.15) is 25.7 Å². The van der Waals surface area contributed by atoms with Crippen molar-refractivity contribution in [2.24, 2.45) is 5.41 Å². The van der Waals surface area contributed by atoms with Gasteiger partial charge in [0.15, 0.2) is 0 Å². The van der Waals surface area contributed by atoms with Crippen molar-refractivity contribution < 1.29 is 5.11 Å². The van der Waals surface area contributed by atoms with E-state index in [1.54, 1.807) is 6.20 Å². The lowest BCUT2D eigenvalue weighted by atomic mass is 9.67. The number of rotatable bonds is 5. The van der Waals surface area contributed by atoms with Gasteiger partial charge in [-0.05, 0) is 36.8 Å². The first-order valence-electron chi connectivity index (χ1n) is 5.70. The van der Waals surface area contributed by atoms with Crippen molar-refractivity contribution in [1.82, 2.24) is 4.98 Å². The SMILES string of the molecule is OCCC1(CNc2ccnc(Cl)c2)CCC1. The Morgan fingerprint density at radius 3 is 2.88 bits per heavy atom. The molecule has 1 aliphatic carbocycles. The lowest BCUT2D eigenvalue weighted by Gasteiger charge is -2.42. The van der Waals surface area contributed by atoms with Gasteiger partial charge in [-0.3, -0.25) is 0 Å². The summed E-state index contributed by atoms with van der Waals surface area (Å²) < 4.78 is 0. The molecule has 1 aliphatic rings. The van der Waals surface area contributed by atoms with Crippen LogP contribution in [0.25, 0.3) is 0 Å². The minimum absolute atomic E-state index is 0.277. The molecule has 0 unspecified atom stereocenters. The van der Waals surface area contributed by atoms with E-state index in [0.717, 1.165) is 18.7 Å². The molecular weight excluding hydrogens is 224 g/mol. The van der Waals surface area contributed by atoms with Crippen molar-refractivity contribution in [2.45, 2.75) is 25.7 Å².